The van der Waals surface area contributed by atoms with E-state index in [1.54, 1.807) is 43.5 Å². The van der Waals surface area contributed by atoms with E-state index in [1.807, 2.05) is 24.3 Å². The average Bonchev–Trinajstić information content (AvgIpc) is 3.17. The Hall–Kier alpha value is -2.80. The van der Waals surface area contributed by atoms with Gasteiger partial charge in [0, 0.05) is 32.4 Å². The number of hydrogen-bond acceptors (Lipinski definition) is 4. The molecule has 3 aromatic carbocycles. The van der Waals surface area contributed by atoms with Crippen molar-refractivity contribution in [1.82, 2.24) is 4.98 Å². The van der Waals surface area contributed by atoms with Gasteiger partial charge in [-0.05, 0) is 54.6 Å². The number of aromatic nitrogens is 1. The highest BCUT2D eigenvalue weighted by Gasteiger charge is 2.13. The number of nitrogens with one attached hydrogen (secondary N) is 1. The first-order valence-corrected chi connectivity index (χ1v) is 10.7. The van der Waals surface area contributed by atoms with Gasteiger partial charge in [-0.2, -0.15) is 0 Å². The fourth-order valence-corrected chi connectivity index (χ4v) is 3.90. The fourth-order valence-electron chi connectivity index (χ4n) is 3.00. The number of halogens is 3. The van der Waals surface area contributed by atoms with Crippen molar-refractivity contribution in [3.05, 3.63) is 80.8 Å². The predicted octanol–water partition coefficient (Wildman–Crippen LogP) is 7.22. The Labute approximate surface area is 196 Å². The summed E-state index contributed by atoms with van der Waals surface area (Å²) < 4.78 is 12.0. The molecule has 0 saturated heterocycles. The smallest absolute Gasteiger partial charge is 0.248 e. The lowest BCUT2D eigenvalue weighted by Gasteiger charge is -2.06. The molecular formula is C23H15BrCl2N2O3. The van der Waals surface area contributed by atoms with Crippen LogP contribution in [0.1, 0.15) is 5.56 Å². The molecule has 0 fully saturated rings. The minimum absolute atomic E-state index is 0.286. The summed E-state index contributed by atoms with van der Waals surface area (Å²) in [5, 5.41) is 3.70. The van der Waals surface area contributed by atoms with Gasteiger partial charge in [0.15, 0.2) is 5.58 Å². The number of methoxy groups -OCH3 is 1. The summed E-state index contributed by atoms with van der Waals surface area (Å²) >= 11 is 15.6. The summed E-state index contributed by atoms with van der Waals surface area (Å²) in [4.78, 5) is 16.9. The topological polar surface area (TPSA) is 64.4 Å². The second kappa shape index (κ2) is 9.14. The lowest BCUT2D eigenvalue weighted by atomic mass is 10.2. The Morgan fingerprint density at radius 2 is 2.00 bits per heavy atom. The SMILES string of the molecule is COc1ccc(Br)cc1/C=C/C(=O)Nc1cccc(-c2nc3cc(Cl)cc(Cl)c3o2)c1. The number of oxazole rings is 1. The average molecular weight is 518 g/mol. The maximum Gasteiger partial charge on any atom is 0.248 e. The second-order valence-corrected chi connectivity index (χ2v) is 8.30. The zero-order valence-electron chi connectivity index (χ0n) is 16.2. The van der Waals surface area contributed by atoms with E-state index in [9.17, 15) is 4.79 Å². The number of benzene rings is 3. The van der Waals surface area contributed by atoms with E-state index in [0.29, 0.717) is 44.0 Å². The number of nitrogens with zero attached hydrogens (tertiary/aromatic N) is 1. The molecule has 4 aromatic rings. The van der Waals surface area contributed by atoms with Gasteiger partial charge >= 0.3 is 0 Å². The van der Waals surface area contributed by atoms with Crippen LogP contribution < -0.4 is 10.1 Å². The van der Waals surface area contributed by atoms with Crippen LogP contribution in [0.5, 0.6) is 5.75 Å². The molecule has 0 aliphatic rings. The number of fused-ring (bicyclic) bond motifs is 1. The van der Waals surface area contributed by atoms with Crippen LogP contribution in [0.4, 0.5) is 5.69 Å². The maximum atomic E-state index is 12.4. The number of amides is 1. The molecule has 0 bridgehead atoms. The molecule has 0 unspecified atom stereocenters. The Morgan fingerprint density at radius 3 is 2.81 bits per heavy atom. The summed E-state index contributed by atoms with van der Waals surface area (Å²) in [5.74, 6) is 0.764. The van der Waals surface area contributed by atoms with Gasteiger partial charge in [0.1, 0.15) is 11.3 Å². The lowest BCUT2D eigenvalue weighted by molar-refractivity contribution is -0.111. The van der Waals surface area contributed by atoms with Gasteiger partial charge in [0.2, 0.25) is 11.8 Å². The van der Waals surface area contributed by atoms with E-state index in [4.69, 9.17) is 32.4 Å². The monoisotopic (exact) mass is 516 g/mol. The van der Waals surface area contributed by atoms with E-state index < -0.39 is 0 Å². The molecule has 0 saturated carbocycles. The van der Waals surface area contributed by atoms with Gasteiger partial charge in [-0.3, -0.25) is 4.79 Å². The quantitative estimate of drug-likeness (QED) is 0.284. The molecule has 31 heavy (non-hydrogen) atoms. The van der Waals surface area contributed by atoms with Crippen molar-refractivity contribution in [2.24, 2.45) is 0 Å². The zero-order chi connectivity index (χ0) is 22.0. The highest BCUT2D eigenvalue weighted by Crippen LogP contribution is 2.32. The molecule has 1 amide bonds. The van der Waals surface area contributed by atoms with Crippen LogP contribution in [0.2, 0.25) is 10.0 Å². The number of anilines is 1. The molecule has 5 nitrogen and oxygen atoms in total. The van der Waals surface area contributed by atoms with Crippen molar-refractivity contribution in [3.8, 4) is 17.2 Å². The third-order valence-electron chi connectivity index (χ3n) is 4.39. The molecule has 1 N–H and O–H groups in total. The largest absolute Gasteiger partial charge is 0.496 e. The normalized spacial score (nSPS) is 11.2. The molecule has 4 rings (SSSR count). The maximum absolute atomic E-state index is 12.4. The molecule has 0 spiro atoms. The molecule has 0 aliphatic carbocycles. The van der Waals surface area contributed by atoms with Crippen LogP contribution in [-0.2, 0) is 4.79 Å². The van der Waals surface area contributed by atoms with E-state index in [-0.39, 0.29) is 5.91 Å². The van der Waals surface area contributed by atoms with Crippen molar-refractivity contribution in [1.29, 1.82) is 0 Å². The fraction of sp³-hybridized carbons (Fsp3) is 0.0435. The summed E-state index contributed by atoms with van der Waals surface area (Å²) in [6.07, 6.45) is 3.13. The third kappa shape index (κ3) is 4.93. The van der Waals surface area contributed by atoms with Crippen molar-refractivity contribution in [2.45, 2.75) is 0 Å². The highest BCUT2D eigenvalue weighted by atomic mass is 79.9. The van der Waals surface area contributed by atoms with Crippen LogP contribution in [0, 0.1) is 0 Å². The predicted molar refractivity (Wildman–Crippen MR) is 128 cm³/mol. The minimum Gasteiger partial charge on any atom is -0.496 e. The van der Waals surface area contributed by atoms with Gasteiger partial charge in [0.05, 0.1) is 12.1 Å². The van der Waals surface area contributed by atoms with E-state index in [0.717, 1.165) is 10.0 Å². The first kappa shape index (κ1) is 21.4. The summed E-state index contributed by atoms with van der Waals surface area (Å²) in [7, 11) is 1.58. The molecule has 1 aromatic heterocycles. The number of ether oxygens (including phenoxy) is 1. The van der Waals surface area contributed by atoms with Crippen molar-refractivity contribution in [2.75, 3.05) is 12.4 Å². The number of carbonyl (C=O) groups is 1. The standard InChI is InChI=1S/C23H15BrCl2N2O3/c1-30-20-7-6-15(24)9-13(20)5-8-21(29)27-17-4-2-3-14(10-17)23-28-19-12-16(25)11-18(26)22(19)31-23/h2-12H,1H3,(H,27,29)/b8-5+. The van der Waals surface area contributed by atoms with Gasteiger partial charge in [-0.25, -0.2) is 4.98 Å². The molecule has 0 aliphatic heterocycles. The Morgan fingerprint density at radius 1 is 1.16 bits per heavy atom. The first-order valence-electron chi connectivity index (χ1n) is 9.11. The van der Waals surface area contributed by atoms with Crippen LogP contribution in [0.15, 0.2) is 69.6 Å². The van der Waals surface area contributed by atoms with E-state index in [1.165, 1.54) is 6.08 Å². The van der Waals surface area contributed by atoms with Crippen LogP contribution in [0.3, 0.4) is 0 Å². The Kier molecular flexibility index (Phi) is 6.32. The van der Waals surface area contributed by atoms with Crippen molar-refractivity contribution in [3.63, 3.8) is 0 Å². The minimum atomic E-state index is -0.286. The zero-order valence-corrected chi connectivity index (χ0v) is 19.3. The first-order chi connectivity index (χ1) is 14.9. The lowest BCUT2D eigenvalue weighted by Crippen LogP contribution is -2.07. The molecule has 1 heterocycles. The summed E-state index contributed by atoms with van der Waals surface area (Å²) in [6, 6.07) is 16.0. The number of carbonyl (C=O) groups excluding carboxylic acids is 1. The van der Waals surface area contributed by atoms with Gasteiger partial charge in [0.25, 0.3) is 0 Å². The van der Waals surface area contributed by atoms with E-state index in [2.05, 4.69) is 26.2 Å². The Bertz CT molecular complexity index is 1320. The second-order valence-electron chi connectivity index (χ2n) is 6.54. The molecule has 0 radical (unpaired) electrons. The van der Waals surface area contributed by atoms with Crippen molar-refractivity contribution >= 4 is 67.9 Å². The summed E-state index contributed by atoms with van der Waals surface area (Å²) in [5.41, 5.74) is 3.09. The van der Waals surface area contributed by atoms with E-state index >= 15 is 0 Å². The molecule has 156 valence electrons. The molecular weight excluding hydrogens is 503 g/mol. The van der Waals surface area contributed by atoms with Crippen LogP contribution >= 0.6 is 39.1 Å². The van der Waals surface area contributed by atoms with Gasteiger partial charge in [-0.15, -0.1) is 0 Å². The summed E-state index contributed by atoms with van der Waals surface area (Å²) in [6.45, 7) is 0. The number of rotatable bonds is 5. The highest BCUT2D eigenvalue weighted by molar-refractivity contribution is 9.10. The molecule has 8 heteroatoms. The van der Waals surface area contributed by atoms with Gasteiger partial charge in [-0.1, -0.05) is 45.2 Å². The Balaban J connectivity index is 1.55. The van der Waals surface area contributed by atoms with Crippen molar-refractivity contribution < 1.29 is 13.9 Å². The van der Waals surface area contributed by atoms with Gasteiger partial charge < -0.3 is 14.5 Å². The number of hydrogen-bond donors (Lipinski definition) is 1. The third-order valence-corrected chi connectivity index (χ3v) is 5.38. The van der Waals surface area contributed by atoms with Crippen LogP contribution in [0.25, 0.3) is 28.6 Å². The van der Waals surface area contributed by atoms with Crippen LogP contribution in [-0.4, -0.2) is 18.0 Å². The molecule has 0 atom stereocenters.